The lowest BCUT2D eigenvalue weighted by atomic mass is 9.72. The van der Waals surface area contributed by atoms with E-state index in [4.69, 9.17) is 5.73 Å². The number of benzene rings is 1. The highest BCUT2D eigenvalue weighted by atomic mass is 35.5. The van der Waals surface area contributed by atoms with Crippen LogP contribution in [0.5, 0.6) is 0 Å². The summed E-state index contributed by atoms with van der Waals surface area (Å²) < 4.78 is 0.866. The second-order valence-corrected chi connectivity index (χ2v) is 8.84. The number of nitrogens with two attached hydrogens (primary N) is 1. The summed E-state index contributed by atoms with van der Waals surface area (Å²) in [6.45, 7) is 0.578. The fourth-order valence-electron chi connectivity index (χ4n) is 3.30. The van der Waals surface area contributed by atoms with E-state index in [2.05, 4.69) is 27.6 Å². The lowest BCUT2D eigenvalue weighted by molar-refractivity contribution is -0.118. The Morgan fingerprint density at radius 3 is 2.62 bits per heavy atom. The van der Waals surface area contributed by atoms with Crippen LogP contribution in [0.1, 0.15) is 44.1 Å². The van der Waals surface area contributed by atoms with E-state index in [1.807, 2.05) is 18.2 Å². The third-order valence-corrected chi connectivity index (χ3v) is 6.78. The molecule has 1 amide bonds. The maximum atomic E-state index is 12.4. The molecule has 1 saturated carbocycles. The SMILES string of the molecule is Cl.NCC1(CC(=O)Nc2nnc(SCc3ccccc3)s2)CCCCC1. The zero-order valence-corrected chi connectivity index (χ0v) is 17.1. The van der Waals surface area contributed by atoms with Crippen molar-refractivity contribution in [1.82, 2.24) is 10.2 Å². The molecule has 0 bridgehead atoms. The Bertz CT molecular complexity index is 690. The standard InChI is InChI=1S/C18H24N4OS2.ClH/c19-13-18(9-5-2-6-10-18)11-15(23)20-16-21-22-17(25-16)24-12-14-7-3-1-4-8-14;/h1,3-4,7-8H,2,5-6,9-13,19H2,(H,20,21,23);1H. The normalized spacial score (nSPS) is 15.9. The van der Waals surface area contributed by atoms with Gasteiger partial charge in [-0.1, -0.05) is 72.7 Å². The number of amides is 1. The average molecular weight is 413 g/mol. The maximum Gasteiger partial charge on any atom is 0.226 e. The summed E-state index contributed by atoms with van der Waals surface area (Å²) in [6, 6.07) is 10.2. The minimum absolute atomic E-state index is 0. The number of aromatic nitrogens is 2. The van der Waals surface area contributed by atoms with Crippen molar-refractivity contribution in [3.8, 4) is 0 Å². The van der Waals surface area contributed by atoms with Crippen LogP contribution in [0.3, 0.4) is 0 Å². The van der Waals surface area contributed by atoms with Crippen molar-refractivity contribution in [2.75, 3.05) is 11.9 Å². The van der Waals surface area contributed by atoms with Crippen molar-refractivity contribution in [3.63, 3.8) is 0 Å². The summed E-state index contributed by atoms with van der Waals surface area (Å²) in [4.78, 5) is 12.4. The van der Waals surface area contributed by atoms with Gasteiger partial charge in [-0.3, -0.25) is 4.79 Å². The lowest BCUT2D eigenvalue weighted by Crippen LogP contribution is -2.36. The van der Waals surface area contributed by atoms with Gasteiger partial charge in [0.25, 0.3) is 0 Å². The van der Waals surface area contributed by atoms with Gasteiger partial charge < -0.3 is 11.1 Å². The van der Waals surface area contributed by atoms with Crippen molar-refractivity contribution in [3.05, 3.63) is 35.9 Å². The van der Waals surface area contributed by atoms with Gasteiger partial charge in [-0.25, -0.2) is 0 Å². The first kappa shape index (κ1) is 21.2. The van der Waals surface area contributed by atoms with Crippen LogP contribution in [-0.2, 0) is 10.5 Å². The fraction of sp³-hybridized carbons (Fsp3) is 0.500. The molecule has 26 heavy (non-hydrogen) atoms. The van der Waals surface area contributed by atoms with E-state index < -0.39 is 0 Å². The highest BCUT2D eigenvalue weighted by molar-refractivity contribution is 8.00. The summed E-state index contributed by atoms with van der Waals surface area (Å²) in [5, 5.41) is 11.7. The molecule has 2 aromatic rings. The average Bonchev–Trinajstić information content (AvgIpc) is 3.09. The number of carbonyl (C=O) groups is 1. The van der Waals surface area contributed by atoms with Gasteiger partial charge >= 0.3 is 0 Å². The summed E-state index contributed by atoms with van der Waals surface area (Å²) >= 11 is 3.06. The molecule has 0 aliphatic heterocycles. The van der Waals surface area contributed by atoms with Gasteiger partial charge in [-0.15, -0.1) is 22.6 Å². The van der Waals surface area contributed by atoms with Gasteiger partial charge in [-0.2, -0.15) is 0 Å². The summed E-state index contributed by atoms with van der Waals surface area (Å²) in [5.41, 5.74) is 7.19. The Labute approximate surface area is 169 Å². The van der Waals surface area contributed by atoms with Crippen molar-refractivity contribution < 1.29 is 4.79 Å². The van der Waals surface area contributed by atoms with E-state index in [0.717, 1.165) is 22.9 Å². The molecule has 1 aliphatic carbocycles. The number of rotatable bonds is 7. The molecule has 1 heterocycles. The molecule has 3 rings (SSSR count). The molecule has 0 saturated heterocycles. The van der Waals surface area contributed by atoms with Crippen LogP contribution in [-0.4, -0.2) is 22.6 Å². The van der Waals surface area contributed by atoms with Crippen LogP contribution in [0.15, 0.2) is 34.7 Å². The number of halogens is 1. The first-order valence-electron chi connectivity index (χ1n) is 8.69. The number of anilines is 1. The Morgan fingerprint density at radius 1 is 1.19 bits per heavy atom. The van der Waals surface area contributed by atoms with Gasteiger partial charge in [0.1, 0.15) is 0 Å². The zero-order valence-electron chi connectivity index (χ0n) is 14.6. The van der Waals surface area contributed by atoms with E-state index in [9.17, 15) is 4.79 Å². The van der Waals surface area contributed by atoms with E-state index in [-0.39, 0.29) is 23.7 Å². The van der Waals surface area contributed by atoms with Gasteiger partial charge in [0.2, 0.25) is 11.0 Å². The number of nitrogens with one attached hydrogen (secondary N) is 1. The summed E-state index contributed by atoms with van der Waals surface area (Å²) in [5.74, 6) is 0.850. The predicted octanol–water partition coefficient (Wildman–Crippen LogP) is 4.49. The molecule has 1 aromatic carbocycles. The first-order chi connectivity index (χ1) is 12.2. The van der Waals surface area contributed by atoms with Crippen molar-refractivity contribution >= 4 is 46.5 Å². The molecular weight excluding hydrogens is 388 g/mol. The number of carbonyl (C=O) groups excluding carboxylic acids is 1. The number of thioether (sulfide) groups is 1. The largest absolute Gasteiger partial charge is 0.330 e. The van der Waals surface area contributed by atoms with E-state index in [1.54, 1.807) is 11.8 Å². The van der Waals surface area contributed by atoms with Crippen LogP contribution in [0, 0.1) is 5.41 Å². The van der Waals surface area contributed by atoms with Crippen LogP contribution in [0.2, 0.25) is 0 Å². The van der Waals surface area contributed by atoms with Crippen molar-refractivity contribution in [1.29, 1.82) is 0 Å². The molecular formula is C18H25ClN4OS2. The van der Waals surface area contributed by atoms with E-state index in [1.165, 1.54) is 36.2 Å². The molecule has 0 spiro atoms. The second kappa shape index (κ2) is 10.3. The number of hydrogen-bond acceptors (Lipinski definition) is 6. The highest BCUT2D eigenvalue weighted by Crippen LogP contribution is 2.38. The quantitative estimate of drug-likeness (QED) is 0.517. The summed E-state index contributed by atoms with van der Waals surface area (Å²) in [7, 11) is 0. The molecule has 1 fully saturated rings. The Hall–Kier alpha value is -1.15. The third-order valence-electron chi connectivity index (χ3n) is 4.74. The van der Waals surface area contributed by atoms with Crippen LogP contribution in [0.4, 0.5) is 5.13 Å². The van der Waals surface area contributed by atoms with Gasteiger partial charge in [0, 0.05) is 12.2 Å². The monoisotopic (exact) mass is 412 g/mol. The van der Waals surface area contributed by atoms with Crippen molar-refractivity contribution in [2.24, 2.45) is 11.1 Å². The molecule has 3 N–H and O–H groups in total. The molecule has 8 heteroatoms. The molecule has 1 aliphatic rings. The number of nitrogens with zero attached hydrogens (tertiary/aromatic N) is 2. The molecule has 142 valence electrons. The molecule has 0 atom stereocenters. The highest BCUT2D eigenvalue weighted by Gasteiger charge is 2.33. The minimum atomic E-state index is -0.0299. The zero-order chi connectivity index (χ0) is 17.5. The predicted molar refractivity (Wildman–Crippen MR) is 111 cm³/mol. The molecule has 0 radical (unpaired) electrons. The number of hydrogen-bond donors (Lipinski definition) is 2. The summed E-state index contributed by atoms with van der Waals surface area (Å²) in [6.07, 6.45) is 6.17. The second-order valence-electron chi connectivity index (χ2n) is 6.64. The minimum Gasteiger partial charge on any atom is -0.330 e. The Morgan fingerprint density at radius 2 is 1.92 bits per heavy atom. The molecule has 1 aromatic heterocycles. The van der Waals surface area contributed by atoms with Gasteiger partial charge in [0.05, 0.1) is 0 Å². The maximum absolute atomic E-state index is 12.4. The molecule has 0 unspecified atom stereocenters. The Kier molecular flexibility index (Phi) is 8.34. The van der Waals surface area contributed by atoms with Gasteiger partial charge in [0.15, 0.2) is 4.34 Å². The Balaban J connectivity index is 0.00000243. The fourth-order valence-corrected chi connectivity index (χ4v) is 5.02. The van der Waals surface area contributed by atoms with Gasteiger partial charge in [-0.05, 0) is 30.4 Å². The van der Waals surface area contributed by atoms with Crippen molar-refractivity contribution in [2.45, 2.75) is 48.6 Å². The van der Waals surface area contributed by atoms with Crippen LogP contribution in [0.25, 0.3) is 0 Å². The molecule has 5 nitrogen and oxygen atoms in total. The smallest absolute Gasteiger partial charge is 0.226 e. The van der Waals surface area contributed by atoms with E-state index in [0.29, 0.717) is 18.1 Å². The lowest BCUT2D eigenvalue weighted by Gasteiger charge is -2.35. The topological polar surface area (TPSA) is 80.9 Å². The van der Waals surface area contributed by atoms with E-state index >= 15 is 0 Å². The third kappa shape index (κ3) is 5.94. The van der Waals surface area contributed by atoms with Crippen LogP contribution < -0.4 is 11.1 Å². The first-order valence-corrected chi connectivity index (χ1v) is 10.5. The van der Waals surface area contributed by atoms with Crippen LogP contribution >= 0.6 is 35.5 Å².